The summed E-state index contributed by atoms with van der Waals surface area (Å²) in [5.74, 6) is 0.261. The summed E-state index contributed by atoms with van der Waals surface area (Å²) in [6.45, 7) is 7.71. The van der Waals surface area contributed by atoms with Gasteiger partial charge in [0.1, 0.15) is 0 Å². The molecule has 0 aromatic rings. The molecule has 0 aromatic carbocycles. The molecular formula is C10H21N3O. The number of likely N-dealkylation sites (N-methyl/N-ethyl adjacent to an activating group) is 1. The Morgan fingerprint density at radius 1 is 1.57 bits per heavy atom. The van der Waals surface area contributed by atoms with Crippen LogP contribution in [0.25, 0.3) is 0 Å². The first kappa shape index (κ1) is 11.5. The number of carbonyl (C=O) groups is 1. The molecule has 1 rings (SSSR count). The lowest BCUT2D eigenvalue weighted by atomic mass is 10.2. The minimum atomic E-state index is 0.0573. The molecule has 1 unspecified atom stereocenters. The van der Waals surface area contributed by atoms with E-state index in [1.54, 1.807) is 0 Å². The van der Waals surface area contributed by atoms with Crippen LogP contribution in [0.4, 0.5) is 0 Å². The molecule has 1 fully saturated rings. The predicted molar refractivity (Wildman–Crippen MR) is 57.0 cm³/mol. The summed E-state index contributed by atoms with van der Waals surface area (Å²) in [4.78, 5) is 15.8. The van der Waals surface area contributed by atoms with Crippen molar-refractivity contribution < 1.29 is 4.79 Å². The molecule has 0 spiro atoms. The van der Waals surface area contributed by atoms with Gasteiger partial charge in [0.15, 0.2) is 0 Å². The normalized spacial score (nSPS) is 22.4. The predicted octanol–water partition coefficient (Wildman–Crippen LogP) is 0.106. The second-order valence-electron chi connectivity index (χ2n) is 3.82. The zero-order valence-electron chi connectivity index (χ0n) is 9.42. The summed E-state index contributed by atoms with van der Waals surface area (Å²) in [7, 11) is 2.07. The fraction of sp³-hybridized carbons (Fsp3) is 0.900. The fourth-order valence-corrected chi connectivity index (χ4v) is 1.56. The molecular weight excluding hydrogens is 178 g/mol. The van der Waals surface area contributed by atoms with Gasteiger partial charge in [0.2, 0.25) is 5.91 Å². The van der Waals surface area contributed by atoms with Crippen LogP contribution in [0.15, 0.2) is 0 Å². The third kappa shape index (κ3) is 2.69. The summed E-state index contributed by atoms with van der Waals surface area (Å²) in [5.41, 5.74) is 0. The Bertz CT molecular complexity index is 196. The highest BCUT2D eigenvalue weighted by atomic mass is 16.2. The molecule has 1 heterocycles. The lowest BCUT2D eigenvalue weighted by Crippen LogP contribution is -2.36. The van der Waals surface area contributed by atoms with Crippen LogP contribution in [-0.2, 0) is 4.79 Å². The lowest BCUT2D eigenvalue weighted by Gasteiger charge is -2.19. The number of amides is 1. The zero-order chi connectivity index (χ0) is 10.6. The van der Waals surface area contributed by atoms with E-state index in [1.807, 2.05) is 11.8 Å². The van der Waals surface area contributed by atoms with E-state index < -0.39 is 0 Å². The van der Waals surface area contributed by atoms with Crippen LogP contribution in [-0.4, -0.2) is 55.1 Å². The van der Waals surface area contributed by atoms with Gasteiger partial charge in [-0.05, 0) is 20.0 Å². The Labute approximate surface area is 86.2 Å². The van der Waals surface area contributed by atoms with Gasteiger partial charge in [0.05, 0.1) is 12.7 Å². The molecule has 4 heteroatoms. The number of nitrogens with zero attached hydrogens (tertiary/aromatic N) is 2. The van der Waals surface area contributed by atoms with Gasteiger partial charge >= 0.3 is 0 Å². The van der Waals surface area contributed by atoms with E-state index >= 15 is 0 Å². The van der Waals surface area contributed by atoms with E-state index in [2.05, 4.69) is 24.2 Å². The molecule has 1 saturated heterocycles. The summed E-state index contributed by atoms with van der Waals surface area (Å²) in [5, 5.41) is 3.21. The molecule has 1 aliphatic heterocycles. The molecule has 14 heavy (non-hydrogen) atoms. The van der Waals surface area contributed by atoms with E-state index in [0.29, 0.717) is 0 Å². The van der Waals surface area contributed by atoms with Crippen molar-refractivity contribution >= 4 is 5.91 Å². The maximum absolute atomic E-state index is 11.7. The molecule has 1 amide bonds. The third-order valence-electron chi connectivity index (χ3n) is 2.84. The van der Waals surface area contributed by atoms with Gasteiger partial charge in [-0.2, -0.15) is 0 Å². The van der Waals surface area contributed by atoms with E-state index in [1.165, 1.54) is 0 Å². The maximum Gasteiger partial charge on any atom is 0.240 e. The van der Waals surface area contributed by atoms with Gasteiger partial charge in [0, 0.05) is 13.1 Å². The summed E-state index contributed by atoms with van der Waals surface area (Å²) in [6, 6.07) is 0.0573. The van der Waals surface area contributed by atoms with Crippen LogP contribution in [0.1, 0.15) is 20.3 Å². The van der Waals surface area contributed by atoms with Crippen molar-refractivity contribution in [3.8, 4) is 0 Å². The van der Waals surface area contributed by atoms with Gasteiger partial charge in [-0.1, -0.05) is 13.8 Å². The highest BCUT2D eigenvalue weighted by molar-refractivity contribution is 5.83. The second-order valence-corrected chi connectivity index (χ2v) is 3.82. The van der Waals surface area contributed by atoms with Gasteiger partial charge < -0.3 is 9.80 Å². The fourth-order valence-electron chi connectivity index (χ4n) is 1.56. The highest BCUT2D eigenvalue weighted by Crippen LogP contribution is 2.05. The Kier molecular flexibility index (Phi) is 4.35. The number of carbonyl (C=O) groups excluding carboxylic acids is 1. The smallest absolute Gasteiger partial charge is 0.240 e. The van der Waals surface area contributed by atoms with Crippen molar-refractivity contribution in [3.05, 3.63) is 0 Å². The van der Waals surface area contributed by atoms with Crippen molar-refractivity contribution in [3.63, 3.8) is 0 Å². The van der Waals surface area contributed by atoms with Gasteiger partial charge in [0.25, 0.3) is 0 Å². The summed E-state index contributed by atoms with van der Waals surface area (Å²) >= 11 is 0. The molecule has 0 aliphatic carbocycles. The number of nitrogens with one attached hydrogen (secondary N) is 1. The highest BCUT2D eigenvalue weighted by Gasteiger charge is 2.28. The SMILES string of the molecule is CCC1NCN(CCN(C)CC)C1=O. The molecule has 0 bridgehead atoms. The molecule has 1 N–H and O–H groups in total. The standard InChI is InChI=1S/C10H21N3O/c1-4-9-10(14)13(8-11-9)7-6-12(3)5-2/h9,11H,4-8H2,1-3H3. The first-order valence-corrected chi connectivity index (χ1v) is 5.39. The van der Waals surface area contributed by atoms with Crippen molar-refractivity contribution in [2.75, 3.05) is 33.4 Å². The quantitative estimate of drug-likeness (QED) is 0.682. The summed E-state index contributed by atoms with van der Waals surface area (Å²) in [6.07, 6.45) is 0.888. The van der Waals surface area contributed by atoms with E-state index in [0.717, 1.165) is 32.7 Å². The number of hydrogen-bond donors (Lipinski definition) is 1. The molecule has 0 radical (unpaired) electrons. The van der Waals surface area contributed by atoms with E-state index in [-0.39, 0.29) is 11.9 Å². The minimum absolute atomic E-state index is 0.0573. The van der Waals surface area contributed by atoms with Crippen molar-refractivity contribution in [2.24, 2.45) is 0 Å². The molecule has 0 aromatic heterocycles. The Hall–Kier alpha value is -0.610. The molecule has 82 valence electrons. The van der Waals surface area contributed by atoms with Crippen molar-refractivity contribution in [1.29, 1.82) is 0 Å². The molecule has 4 nitrogen and oxygen atoms in total. The topological polar surface area (TPSA) is 35.6 Å². The number of hydrogen-bond acceptors (Lipinski definition) is 3. The van der Waals surface area contributed by atoms with Gasteiger partial charge in [-0.25, -0.2) is 0 Å². The van der Waals surface area contributed by atoms with Gasteiger partial charge in [-0.3, -0.25) is 10.1 Å². The largest absolute Gasteiger partial charge is 0.327 e. The van der Waals surface area contributed by atoms with Gasteiger partial charge in [-0.15, -0.1) is 0 Å². The number of rotatable bonds is 5. The van der Waals surface area contributed by atoms with E-state index in [9.17, 15) is 4.79 Å². The lowest BCUT2D eigenvalue weighted by molar-refractivity contribution is -0.129. The second kappa shape index (κ2) is 5.32. The Morgan fingerprint density at radius 2 is 2.29 bits per heavy atom. The average molecular weight is 199 g/mol. The molecule has 1 aliphatic rings. The average Bonchev–Trinajstić information content (AvgIpc) is 2.56. The third-order valence-corrected chi connectivity index (χ3v) is 2.84. The van der Waals surface area contributed by atoms with Crippen LogP contribution in [0.3, 0.4) is 0 Å². The zero-order valence-corrected chi connectivity index (χ0v) is 9.42. The molecule has 1 atom stereocenters. The first-order valence-electron chi connectivity index (χ1n) is 5.39. The van der Waals surface area contributed by atoms with Crippen LogP contribution < -0.4 is 5.32 Å². The monoisotopic (exact) mass is 199 g/mol. The van der Waals surface area contributed by atoms with Crippen LogP contribution in [0.5, 0.6) is 0 Å². The van der Waals surface area contributed by atoms with Crippen LogP contribution in [0.2, 0.25) is 0 Å². The van der Waals surface area contributed by atoms with E-state index in [4.69, 9.17) is 0 Å². The Balaban J connectivity index is 2.29. The first-order chi connectivity index (χ1) is 6.69. The van der Waals surface area contributed by atoms with Crippen molar-refractivity contribution in [1.82, 2.24) is 15.1 Å². The molecule has 0 saturated carbocycles. The Morgan fingerprint density at radius 3 is 2.79 bits per heavy atom. The van der Waals surface area contributed by atoms with Crippen LogP contribution >= 0.6 is 0 Å². The maximum atomic E-state index is 11.7. The summed E-state index contributed by atoms with van der Waals surface area (Å²) < 4.78 is 0. The van der Waals surface area contributed by atoms with Crippen molar-refractivity contribution in [2.45, 2.75) is 26.3 Å². The minimum Gasteiger partial charge on any atom is -0.327 e. The van der Waals surface area contributed by atoms with Crippen LogP contribution in [0, 0.1) is 0 Å².